The van der Waals surface area contributed by atoms with Crippen LogP contribution in [0.4, 0.5) is 0 Å². The van der Waals surface area contributed by atoms with E-state index in [1.54, 1.807) is 0 Å². The van der Waals surface area contributed by atoms with Crippen molar-refractivity contribution in [3.05, 3.63) is 0 Å². The van der Waals surface area contributed by atoms with Gasteiger partial charge in [0.2, 0.25) is 0 Å². The quantitative estimate of drug-likeness (QED) is 0.316. The van der Waals surface area contributed by atoms with Crippen LogP contribution in [0.15, 0.2) is 0 Å². The Kier molecular flexibility index (Phi) is 1160. The molecule has 0 aliphatic carbocycles. The molecule has 3 nitrogen and oxygen atoms in total. The van der Waals surface area contributed by atoms with Crippen LogP contribution in [0.3, 0.4) is 0 Å². The first kappa shape index (κ1) is 102. The third kappa shape index (κ3) is 33.6. The van der Waals surface area contributed by atoms with Gasteiger partial charge in [0, 0.05) is 0 Å². The standard InChI is InChI=1S/HI.3H2O.Ti/h1H;3*1H2;/q;;;;+4/p-4. The average Bonchev–Trinajstić information content (AvgIpc) is 0. The van der Waals surface area contributed by atoms with Gasteiger partial charge in [-0.05, 0) is 0 Å². The first-order chi connectivity index (χ1) is 0. The number of halogens is 1. The molecule has 0 aliphatic heterocycles. The van der Waals surface area contributed by atoms with Crippen molar-refractivity contribution < 1.29 is 62.1 Å². The first-order valence-corrected chi connectivity index (χ1v) is 0. The fourth-order valence-electron chi connectivity index (χ4n) is 0. The summed E-state index contributed by atoms with van der Waals surface area (Å²) in [5, 5.41) is 0. The summed E-state index contributed by atoms with van der Waals surface area (Å²) < 4.78 is 0. The normalized spacial score (nSPS) is 0. The third-order valence-corrected chi connectivity index (χ3v) is 0. The van der Waals surface area contributed by atoms with Crippen molar-refractivity contribution in [2.75, 3.05) is 0 Å². The Morgan fingerprint density at radius 2 is 0.600 bits per heavy atom. The van der Waals surface area contributed by atoms with Crippen LogP contribution in [0.5, 0.6) is 0 Å². The summed E-state index contributed by atoms with van der Waals surface area (Å²) in [6, 6.07) is 0. The molecule has 32 valence electrons. The van der Waals surface area contributed by atoms with Crippen molar-refractivity contribution in [1.82, 2.24) is 0 Å². The first-order valence-electron chi connectivity index (χ1n) is 0. The molecule has 0 heterocycles. The second-order valence-electron chi connectivity index (χ2n) is 0. The molecule has 0 aromatic carbocycles. The van der Waals surface area contributed by atoms with Gasteiger partial charge in [0.05, 0.1) is 0 Å². The molecule has 0 spiro atoms. The molecular weight excluding hydrogens is 223 g/mol. The molecular formula is H3IO3Ti. The fraction of sp³-hybridized carbons (Fsp3) is 0. The predicted octanol–water partition coefficient (Wildman–Crippen LogP) is -3.53. The zero-order valence-electron chi connectivity index (χ0n) is 2.22. The van der Waals surface area contributed by atoms with Gasteiger partial charge in [0.25, 0.3) is 0 Å². The molecule has 0 aromatic heterocycles. The molecule has 0 rings (SSSR count). The second-order valence-corrected chi connectivity index (χ2v) is 0. The molecule has 0 fully saturated rings. The zero-order valence-corrected chi connectivity index (χ0v) is 5.94. The number of hydrogen-bond acceptors (Lipinski definition) is 3. The molecule has 0 radical (unpaired) electrons. The van der Waals surface area contributed by atoms with Crippen LogP contribution in [-0.4, -0.2) is 16.4 Å². The van der Waals surface area contributed by atoms with Crippen LogP contribution in [0.1, 0.15) is 0 Å². The van der Waals surface area contributed by atoms with E-state index in [1.807, 2.05) is 0 Å². The molecule has 0 aliphatic rings. The monoisotopic (exact) mass is 226 g/mol. The third-order valence-electron chi connectivity index (χ3n) is 0. The molecule has 0 aromatic rings. The van der Waals surface area contributed by atoms with Gasteiger partial charge in [0.15, 0.2) is 0 Å². The maximum atomic E-state index is 0. The summed E-state index contributed by atoms with van der Waals surface area (Å²) in [7, 11) is 0. The molecule has 0 unspecified atom stereocenters. The Labute approximate surface area is 62.0 Å². The van der Waals surface area contributed by atoms with E-state index >= 15 is 0 Å². The minimum absolute atomic E-state index is 0. The van der Waals surface area contributed by atoms with E-state index in [-0.39, 0.29) is 62.1 Å². The Balaban J connectivity index is 0. The van der Waals surface area contributed by atoms with Crippen LogP contribution in [0.25, 0.3) is 0 Å². The zero-order chi connectivity index (χ0) is 0. The van der Waals surface area contributed by atoms with Crippen LogP contribution < -0.4 is 24.0 Å². The maximum absolute atomic E-state index is 0. The van der Waals surface area contributed by atoms with Crippen LogP contribution in [0.2, 0.25) is 0 Å². The van der Waals surface area contributed by atoms with E-state index in [0.29, 0.717) is 0 Å². The Morgan fingerprint density at radius 3 is 0.600 bits per heavy atom. The van der Waals surface area contributed by atoms with Gasteiger partial charge in [-0.3, -0.25) is 0 Å². The van der Waals surface area contributed by atoms with Gasteiger partial charge in [-0.1, -0.05) is 0 Å². The second kappa shape index (κ2) is 56.8. The SMILES string of the molecule is [I-].[OH-].[OH-].[OH-].[Ti+4]. The fourth-order valence-corrected chi connectivity index (χ4v) is 0. The molecule has 5 heteroatoms. The predicted molar refractivity (Wildman–Crippen MR) is 5.81 cm³/mol. The van der Waals surface area contributed by atoms with Gasteiger partial charge in [-0.15, -0.1) is 0 Å². The van der Waals surface area contributed by atoms with Gasteiger partial charge >= 0.3 is 21.7 Å². The van der Waals surface area contributed by atoms with Gasteiger partial charge < -0.3 is 40.4 Å². The average molecular weight is 226 g/mol. The Bertz CT molecular complexity index is 6.85. The molecule has 0 saturated carbocycles. The molecule has 0 saturated heterocycles. The summed E-state index contributed by atoms with van der Waals surface area (Å²) >= 11 is 0. The Hall–Kier alpha value is 1.32. The van der Waals surface area contributed by atoms with E-state index in [1.165, 1.54) is 0 Å². The van der Waals surface area contributed by atoms with Crippen LogP contribution >= 0.6 is 0 Å². The van der Waals surface area contributed by atoms with Gasteiger partial charge in [-0.2, -0.15) is 0 Å². The van der Waals surface area contributed by atoms with E-state index in [2.05, 4.69) is 0 Å². The van der Waals surface area contributed by atoms with E-state index in [0.717, 1.165) is 0 Å². The molecule has 5 heavy (non-hydrogen) atoms. The molecule has 3 N–H and O–H groups in total. The van der Waals surface area contributed by atoms with Crippen molar-refractivity contribution in [1.29, 1.82) is 0 Å². The number of rotatable bonds is 0. The van der Waals surface area contributed by atoms with Crippen molar-refractivity contribution in [2.24, 2.45) is 0 Å². The summed E-state index contributed by atoms with van der Waals surface area (Å²) in [5.74, 6) is 0. The summed E-state index contributed by atoms with van der Waals surface area (Å²) in [6.45, 7) is 0. The van der Waals surface area contributed by atoms with Crippen molar-refractivity contribution in [3.63, 3.8) is 0 Å². The smallest absolute Gasteiger partial charge is 1.00 e. The minimum Gasteiger partial charge on any atom is -1.00 e. The Morgan fingerprint density at radius 1 is 0.600 bits per heavy atom. The topological polar surface area (TPSA) is 90.0 Å². The van der Waals surface area contributed by atoms with Crippen LogP contribution in [-0.2, 0) is 21.7 Å². The minimum atomic E-state index is 0. The molecule has 0 bridgehead atoms. The number of hydrogen-bond donors (Lipinski definition) is 0. The molecule has 0 atom stereocenters. The summed E-state index contributed by atoms with van der Waals surface area (Å²) in [5.41, 5.74) is 0. The van der Waals surface area contributed by atoms with Crippen molar-refractivity contribution in [2.45, 2.75) is 0 Å². The summed E-state index contributed by atoms with van der Waals surface area (Å²) in [6.07, 6.45) is 0. The van der Waals surface area contributed by atoms with E-state index in [9.17, 15) is 0 Å². The van der Waals surface area contributed by atoms with Gasteiger partial charge in [-0.25, -0.2) is 0 Å². The maximum Gasteiger partial charge on any atom is 4.00 e. The summed E-state index contributed by atoms with van der Waals surface area (Å²) in [4.78, 5) is 0. The van der Waals surface area contributed by atoms with Crippen molar-refractivity contribution >= 4 is 0 Å². The largest absolute Gasteiger partial charge is 4.00 e. The van der Waals surface area contributed by atoms with E-state index in [4.69, 9.17) is 0 Å². The van der Waals surface area contributed by atoms with Crippen LogP contribution in [0, 0.1) is 0 Å². The molecule has 0 amide bonds. The van der Waals surface area contributed by atoms with E-state index < -0.39 is 0 Å². The van der Waals surface area contributed by atoms with Crippen molar-refractivity contribution in [3.8, 4) is 0 Å². The van der Waals surface area contributed by atoms with Gasteiger partial charge in [0.1, 0.15) is 0 Å².